The molecule has 96 valence electrons. The van der Waals surface area contributed by atoms with Crippen LogP contribution in [0.2, 0.25) is 5.15 Å². The van der Waals surface area contributed by atoms with Crippen molar-refractivity contribution in [3.8, 4) is 0 Å². The van der Waals surface area contributed by atoms with E-state index in [1.165, 1.54) is 6.33 Å². The molecule has 0 radical (unpaired) electrons. The monoisotopic (exact) mass is 275 g/mol. The third kappa shape index (κ3) is 3.71. The average molecular weight is 276 g/mol. The molecular weight excluding hydrogens is 257 g/mol. The standard InChI is InChI=1S/C12H19Cl2N3/c1-8(2)6-17(9(3)4)12-10(5-13)11(14)15-7-16-12/h7-9H,5-6H2,1-4H3. The number of hydrogen-bond donors (Lipinski definition) is 0. The highest BCUT2D eigenvalue weighted by Gasteiger charge is 2.19. The maximum absolute atomic E-state index is 6.05. The minimum Gasteiger partial charge on any atom is -0.354 e. The lowest BCUT2D eigenvalue weighted by molar-refractivity contribution is 0.564. The summed E-state index contributed by atoms with van der Waals surface area (Å²) in [6.45, 7) is 9.55. The summed E-state index contributed by atoms with van der Waals surface area (Å²) in [4.78, 5) is 10.5. The largest absolute Gasteiger partial charge is 0.354 e. The third-order valence-corrected chi connectivity index (χ3v) is 3.05. The Bertz CT molecular complexity index is 367. The summed E-state index contributed by atoms with van der Waals surface area (Å²) in [7, 11) is 0. The average Bonchev–Trinajstić information content (AvgIpc) is 2.25. The summed E-state index contributed by atoms with van der Waals surface area (Å²) in [6.07, 6.45) is 1.49. The van der Waals surface area contributed by atoms with Crippen molar-refractivity contribution >= 4 is 29.0 Å². The van der Waals surface area contributed by atoms with Gasteiger partial charge in [0.2, 0.25) is 0 Å². The summed E-state index contributed by atoms with van der Waals surface area (Å²) in [5, 5.41) is 0.444. The van der Waals surface area contributed by atoms with Crippen molar-refractivity contribution in [3.05, 3.63) is 17.0 Å². The van der Waals surface area contributed by atoms with Crippen LogP contribution < -0.4 is 4.90 Å². The van der Waals surface area contributed by atoms with Crippen LogP contribution in [0.5, 0.6) is 0 Å². The zero-order valence-electron chi connectivity index (χ0n) is 10.7. The van der Waals surface area contributed by atoms with Gasteiger partial charge in [-0.2, -0.15) is 0 Å². The smallest absolute Gasteiger partial charge is 0.138 e. The van der Waals surface area contributed by atoms with Gasteiger partial charge in [0, 0.05) is 18.2 Å². The molecule has 17 heavy (non-hydrogen) atoms. The zero-order chi connectivity index (χ0) is 13.0. The predicted molar refractivity (Wildman–Crippen MR) is 73.9 cm³/mol. The van der Waals surface area contributed by atoms with Gasteiger partial charge in [-0.3, -0.25) is 0 Å². The molecule has 0 aliphatic carbocycles. The van der Waals surface area contributed by atoms with E-state index < -0.39 is 0 Å². The highest BCUT2D eigenvalue weighted by molar-refractivity contribution is 6.31. The molecule has 1 aromatic heterocycles. The van der Waals surface area contributed by atoms with Crippen molar-refractivity contribution in [1.82, 2.24) is 9.97 Å². The molecule has 1 aromatic rings. The molecular formula is C12H19Cl2N3. The Morgan fingerprint density at radius 3 is 2.35 bits per heavy atom. The first-order valence-corrected chi connectivity index (χ1v) is 6.70. The second-order valence-corrected chi connectivity index (χ2v) is 5.37. The van der Waals surface area contributed by atoms with E-state index in [-0.39, 0.29) is 0 Å². The van der Waals surface area contributed by atoms with E-state index in [2.05, 4.69) is 42.6 Å². The summed E-state index contributed by atoms with van der Waals surface area (Å²) in [5.74, 6) is 1.73. The molecule has 0 saturated carbocycles. The fourth-order valence-corrected chi connectivity index (χ4v) is 2.19. The molecule has 0 bridgehead atoms. The van der Waals surface area contributed by atoms with Crippen LogP contribution in [0, 0.1) is 5.92 Å². The van der Waals surface area contributed by atoms with Gasteiger partial charge in [0.15, 0.2) is 0 Å². The van der Waals surface area contributed by atoms with E-state index in [4.69, 9.17) is 23.2 Å². The van der Waals surface area contributed by atoms with Crippen molar-refractivity contribution < 1.29 is 0 Å². The molecule has 0 unspecified atom stereocenters. The lowest BCUT2D eigenvalue weighted by Gasteiger charge is -2.31. The first kappa shape index (κ1) is 14.5. The van der Waals surface area contributed by atoms with Crippen LogP contribution in [0.4, 0.5) is 5.82 Å². The fourth-order valence-electron chi connectivity index (χ4n) is 1.68. The summed E-state index contributed by atoms with van der Waals surface area (Å²) >= 11 is 12.0. The van der Waals surface area contributed by atoms with Crippen molar-refractivity contribution in [2.24, 2.45) is 5.92 Å². The molecule has 0 aliphatic rings. The van der Waals surface area contributed by atoms with Crippen molar-refractivity contribution in [1.29, 1.82) is 0 Å². The van der Waals surface area contributed by atoms with E-state index in [9.17, 15) is 0 Å². The molecule has 0 aliphatic heterocycles. The minimum atomic E-state index is 0.330. The van der Waals surface area contributed by atoms with E-state index in [0.29, 0.717) is 23.0 Å². The van der Waals surface area contributed by atoms with Crippen LogP contribution in [0.25, 0.3) is 0 Å². The van der Waals surface area contributed by atoms with Gasteiger partial charge in [0.25, 0.3) is 0 Å². The van der Waals surface area contributed by atoms with Crippen LogP contribution in [0.3, 0.4) is 0 Å². The van der Waals surface area contributed by atoms with Gasteiger partial charge in [-0.25, -0.2) is 9.97 Å². The third-order valence-electron chi connectivity index (χ3n) is 2.46. The molecule has 5 heteroatoms. The molecule has 1 heterocycles. The summed E-state index contributed by atoms with van der Waals surface area (Å²) in [6, 6.07) is 0.352. The molecule has 1 rings (SSSR count). The van der Waals surface area contributed by atoms with Crippen LogP contribution in [-0.4, -0.2) is 22.6 Å². The number of rotatable bonds is 5. The molecule has 0 aromatic carbocycles. The van der Waals surface area contributed by atoms with E-state index >= 15 is 0 Å². The van der Waals surface area contributed by atoms with Gasteiger partial charge in [-0.1, -0.05) is 25.4 Å². The molecule has 0 amide bonds. The number of nitrogens with zero attached hydrogens (tertiary/aromatic N) is 3. The zero-order valence-corrected chi connectivity index (χ0v) is 12.3. The van der Waals surface area contributed by atoms with Gasteiger partial charge in [0.05, 0.1) is 5.88 Å². The number of alkyl halides is 1. The van der Waals surface area contributed by atoms with Gasteiger partial charge in [-0.05, 0) is 19.8 Å². The minimum absolute atomic E-state index is 0.330. The van der Waals surface area contributed by atoms with E-state index in [1.807, 2.05) is 0 Å². The van der Waals surface area contributed by atoms with Crippen LogP contribution >= 0.6 is 23.2 Å². The Hall–Kier alpha value is -0.540. The van der Waals surface area contributed by atoms with Crippen LogP contribution in [0.15, 0.2) is 6.33 Å². The first-order chi connectivity index (χ1) is 7.97. The molecule has 3 nitrogen and oxygen atoms in total. The van der Waals surface area contributed by atoms with E-state index in [1.54, 1.807) is 0 Å². The van der Waals surface area contributed by atoms with Gasteiger partial charge < -0.3 is 4.90 Å². The Morgan fingerprint density at radius 2 is 1.88 bits per heavy atom. The van der Waals surface area contributed by atoms with Gasteiger partial charge in [0.1, 0.15) is 17.3 Å². The fraction of sp³-hybridized carbons (Fsp3) is 0.667. The van der Waals surface area contributed by atoms with Crippen molar-refractivity contribution in [2.75, 3.05) is 11.4 Å². The Labute approximate surface area is 113 Å². The Kier molecular flexibility index (Phi) is 5.47. The normalized spacial score (nSPS) is 11.3. The van der Waals surface area contributed by atoms with Gasteiger partial charge in [-0.15, -0.1) is 11.6 Å². The van der Waals surface area contributed by atoms with Gasteiger partial charge >= 0.3 is 0 Å². The molecule has 0 atom stereocenters. The maximum Gasteiger partial charge on any atom is 0.138 e. The highest BCUT2D eigenvalue weighted by atomic mass is 35.5. The molecule has 0 fully saturated rings. The number of anilines is 1. The van der Waals surface area contributed by atoms with Crippen molar-refractivity contribution in [3.63, 3.8) is 0 Å². The molecule has 0 saturated heterocycles. The molecule has 0 N–H and O–H groups in total. The second-order valence-electron chi connectivity index (χ2n) is 4.74. The lowest BCUT2D eigenvalue weighted by atomic mass is 10.1. The first-order valence-electron chi connectivity index (χ1n) is 5.79. The van der Waals surface area contributed by atoms with Crippen LogP contribution in [-0.2, 0) is 5.88 Å². The van der Waals surface area contributed by atoms with E-state index in [0.717, 1.165) is 17.9 Å². The number of aromatic nitrogens is 2. The van der Waals surface area contributed by atoms with Crippen LogP contribution in [0.1, 0.15) is 33.3 Å². The lowest BCUT2D eigenvalue weighted by Crippen LogP contribution is -2.35. The Morgan fingerprint density at radius 1 is 1.24 bits per heavy atom. The highest BCUT2D eigenvalue weighted by Crippen LogP contribution is 2.27. The topological polar surface area (TPSA) is 29.0 Å². The summed E-state index contributed by atoms with van der Waals surface area (Å²) in [5.41, 5.74) is 0.810. The quantitative estimate of drug-likeness (QED) is 0.606. The predicted octanol–water partition coefficient (Wildman–Crippen LogP) is 3.74. The molecule has 0 spiro atoms. The number of halogens is 2. The second kappa shape index (κ2) is 6.41. The SMILES string of the molecule is CC(C)CN(c1ncnc(Cl)c1CCl)C(C)C. The maximum atomic E-state index is 6.05. The van der Waals surface area contributed by atoms with Crippen molar-refractivity contribution in [2.45, 2.75) is 39.6 Å². The summed E-state index contributed by atoms with van der Waals surface area (Å²) < 4.78 is 0. The number of hydrogen-bond acceptors (Lipinski definition) is 3. The Balaban J connectivity index is 3.13.